The number of carbonyl (C=O) groups is 2. The highest BCUT2D eigenvalue weighted by Crippen LogP contribution is 2.35. The highest BCUT2D eigenvalue weighted by molar-refractivity contribution is 6.01. The molecule has 0 bridgehead atoms. The van der Waals surface area contributed by atoms with E-state index in [1.54, 1.807) is 18.2 Å². The van der Waals surface area contributed by atoms with Gasteiger partial charge in [-0.2, -0.15) is 0 Å². The minimum absolute atomic E-state index is 0.0503. The SMILES string of the molecule is CCC1(C)CC(=O)c2cc(C=O)ccc2O1. The van der Waals surface area contributed by atoms with Crippen molar-refractivity contribution in [1.82, 2.24) is 0 Å². The third-order valence-electron chi connectivity index (χ3n) is 3.08. The van der Waals surface area contributed by atoms with Crippen molar-refractivity contribution in [2.75, 3.05) is 0 Å². The Balaban J connectivity index is 2.46. The van der Waals surface area contributed by atoms with Crippen molar-refractivity contribution in [3.63, 3.8) is 0 Å². The summed E-state index contributed by atoms with van der Waals surface area (Å²) < 4.78 is 5.80. The summed E-state index contributed by atoms with van der Waals surface area (Å²) in [5.41, 5.74) is 0.624. The number of carbonyl (C=O) groups excluding carboxylic acids is 2. The second kappa shape index (κ2) is 3.74. The van der Waals surface area contributed by atoms with Crippen molar-refractivity contribution in [3.8, 4) is 5.75 Å². The van der Waals surface area contributed by atoms with Crippen LogP contribution >= 0.6 is 0 Å². The van der Waals surface area contributed by atoms with Crippen LogP contribution in [0, 0.1) is 0 Å². The first-order valence-electron chi connectivity index (χ1n) is 5.39. The second-order valence-corrected chi connectivity index (χ2v) is 4.38. The van der Waals surface area contributed by atoms with Crippen LogP contribution in [0.3, 0.4) is 0 Å². The van der Waals surface area contributed by atoms with Gasteiger partial charge in [0.1, 0.15) is 17.6 Å². The number of Topliss-reactive ketones (excluding diaryl/α,β-unsaturated/α-hetero) is 1. The highest BCUT2D eigenvalue weighted by Gasteiger charge is 2.34. The Morgan fingerprint density at radius 2 is 2.25 bits per heavy atom. The quantitative estimate of drug-likeness (QED) is 0.717. The lowest BCUT2D eigenvalue weighted by Crippen LogP contribution is -2.38. The maximum absolute atomic E-state index is 11.9. The van der Waals surface area contributed by atoms with Gasteiger partial charge in [0.2, 0.25) is 0 Å². The molecule has 0 amide bonds. The van der Waals surface area contributed by atoms with Gasteiger partial charge in [0, 0.05) is 5.56 Å². The lowest BCUT2D eigenvalue weighted by atomic mass is 9.89. The van der Waals surface area contributed by atoms with Crippen LogP contribution < -0.4 is 4.74 Å². The zero-order valence-corrected chi connectivity index (χ0v) is 9.45. The molecule has 1 heterocycles. The van der Waals surface area contributed by atoms with Crippen LogP contribution in [-0.2, 0) is 0 Å². The van der Waals surface area contributed by atoms with Crippen molar-refractivity contribution >= 4 is 12.1 Å². The number of hydrogen-bond acceptors (Lipinski definition) is 3. The molecule has 84 valence electrons. The monoisotopic (exact) mass is 218 g/mol. The Labute approximate surface area is 94.4 Å². The molecule has 3 nitrogen and oxygen atoms in total. The summed E-state index contributed by atoms with van der Waals surface area (Å²) in [6.45, 7) is 3.93. The Bertz CT molecular complexity index is 450. The molecule has 0 spiro atoms. The zero-order chi connectivity index (χ0) is 11.8. The second-order valence-electron chi connectivity index (χ2n) is 4.38. The van der Waals surface area contributed by atoms with E-state index in [9.17, 15) is 9.59 Å². The number of rotatable bonds is 2. The third kappa shape index (κ3) is 1.73. The van der Waals surface area contributed by atoms with Gasteiger partial charge in [-0.05, 0) is 31.5 Å². The van der Waals surface area contributed by atoms with E-state index < -0.39 is 5.60 Å². The minimum atomic E-state index is -0.410. The molecule has 0 N–H and O–H groups in total. The van der Waals surface area contributed by atoms with Gasteiger partial charge in [-0.1, -0.05) is 6.92 Å². The fourth-order valence-corrected chi connectivity index (χ4v) is 1.86. The molecule has 1 aromatic rings. The van der Waals surface area contributed by atoms with Crippen molar-refractivity contribution < 1.29 is 14.3 Å². The normalized spacial score (nSPS) is 23.5. The van der Waals surface area contributed by atoms with Crippen LogP contribution in [-0.4, -0.2) is 17.7 Å². The van der Waals surface area contributed by atoms with E-state index in [-0.39, 0.29) is 5.78 Å². The van der Waals surface area contributed by atoms with Gasteiger partial charge in [0.15, 0.2) is 5.78 Å². The minimum Gasteiger partial charge on any atom is -0.486 e. The predicted octanol–water partition coefficient (Wildman–Crippen LogP) is 2.63. The molecular formula is C13H14O3. The Morgan fingerprint density at radius 3 is 2.88 bits per heavy atom. The number of fused-ring (bicyclic) bond motifs is 1. The molecule has 0 radical (unpaired) electrons. The first-order chi connectivity index (χ1) is 7.58. The number of ether oxygens (including phenoxy) is 1. The average Bonchev–Trinajstić information content (AvgIpc) is 2.28. The van der Waals surface area contributed by atoms with Crippen LogP contribution in [0.5, 0.6) is 5.75 Å². The summed E-state index contributed by atoms with van der Waals surface area (Å²) in [4.78, 5) is 22.6. The molecule has 1 aliphatic rings. The van der Waals surface area contributed by atoms with Crippen LogP contribution in [0.2, 0.25) is 0 Å². The van der Waals surface area contributed by atoms with E-state index in [0.29, 0.717) is 23.3 Å². The van der Waals surface area contributed by atoms with Gasteiger partial charge in [-0.3, -0.25) is 9.59 Å². The molecule has 1 aliphatic heterocycles. The molecule has 1 atom stereocenters. The lowest BCUT2D eigenvalue weighted by molar-refractivity contribution is 0.0499. The van der Waals surface area contributed by atoms with E-state index in [2.05, 4.69) is 0 Å². The number of ketones is 1. The number of hydrogen-bond donors (Lipinski definition) is 0. The van der Waals surface area contributed by atoms with E-state index in [1.165, 1.54) is 0 Å². The topological polar surface area (TPSA) is 43.4 Å². The maximum Gasteiger partial charge on any atom is 0.170 e. The highest BCUT2D eigenvalue weighted by atomic mass is 16.5. The van der Waals surface area contributed by atoms with E-state index in [4.69, 9.17) is 4.74 Å². The van der Waals surface area contributed by atoms with Gasteiger partial charge >= 0.3 is 0 Å². The lowest BCUT2D eigenvalue weighted by Gasteiger charge is -2.34. The van der Waals surface area contributed by atoms with Crippen molar-refractivity contribution in [2.24, 2.45) is 0 Å². The van der Waals surface area contributed by atoms with Crippen molar-refractivity contribution in [3.05, 3.63) is 29.3 Å². The van der Waals surface area contributed by atoms with Gasteiger partial charge < -0.3 is 4.74 Å². The summed E-state index contributed by atoms with van der Waals surface area (Å²) in [5, 5.41) is 0. The molecule has 1 unspecified atom stereocenters. The molecule has 0 saturated heterocycles. The first kappa shape index (κ1) is 10.9. The molecule has 3 heteroatoms. The fourth-order valence-electron chi connectivity index (χ4n) is 1.86. The van der Waals surface area contributed by atoms with Crippen molar-refractivity contribution in [2.45, 2.75) is 32.3 Å². The molecule has 0 fully saturated rings. The molecule has 0 aromatic heterocycles. The Kier molecular flexibility index (Phi) is 2.54. The molecule has 2 rings (SSSR count). The summed E-state index contributed by atoms with van der Waals surface area (Å²) in [5.74, 6) is 0.639. The van der Waals surface area contributed by atoms with Crippen LogP contribution in [0.1, 0.15) is 47.4 Å². The molecule has 1 aromatic carbocycles. The third-order valence-corrected chi connectivity index (χ3v) is 3.08. The van der Waals surface area contributed by atoms with Crippen LogP contribution in [0.4, 0.5) is 0 Å². The fraction of sp³-hybridized carbons (Fsp3) is 0.385. The summed E-state index contributed by atoms with van der Waals surface area (Å²) in [6, 6.07) is 4.96. The van der Waals surface area contributed by atoms with E-state index in [0.717, 1.165) is 12.7 Å². The number of aldehydes is 1. The largest absolute Gasteiger partial charge is 0.486 e. The Morgan fingerprint density at radius 1 is 1.50 bits per heavy atom. The van der Waals surface area contributed by atoms with Gasteiger partial charge in [-0.15, -0.1) is 0 Å². The van der Waals surface area contributed by atoms with Crippen molar-refractivity contribution in [1.29, 1.82) is 0 Å². The summed E-state index contributed by atoms with van der Waals surface area (Å²) in [7, 11) is 0. The molecule has 16 heavy (non-hydrogen) atoms. The smallest absolute Gasteiger partial charge is 0.170 e. The number of benzene rings is 1. The average molecular weight is 218 g/mol. The molecule has 0 aliphatic carbocycles. The molecule has 0 saturated carbocycles. The predicted molar refractivity (Wildman–Crippen MR) is 60.1 cm³/mol. The zero-order valence-electron chi connectivity index (χ0n) is 9.45. The van der Waals surface area contributed by atoms with Gasteiger partial charge in [-0.25, -0.2) is 0 Å². The standard InChI is InChI=1S/C13H14O3/c1-3-13(2)7-11(15)10-6-9(8-14)4-5-12(10)16-13/h4-6,8H,3,7H2,1-2H3. The van der Waals surface area contributed by atoms with Gasteiger partial charge in [0.25, 0.3) is 0 Å². The van der Waals surface area contributed by atoms with E-state index >= 15 is 0 Å². The summed E-state index contributed by atoms with van der Waals surface area (Å²) >= 11 is 0. The van der Waals surface area contributed by atoms with E-state index in [1.807, 2.05) is 13.8 Å². The first-order valence-corrected chi connectivity index (χ1v) is 5.39. The summed E-state index contributed by atoms with van der Waals surface area (Å²) in [6.07, 6.45) is 1.90. The van der Waals surface area contributed by atoms with Crippen LogP contribution in [0.15, 0.2) is 18.2 Å². The maximum atomic E-state index is 11.9. The van der Waals surface area contributed by atoms with Crippen LogP contribution in [0.25, 0.3) is 0 Å². The Hall–Kier alpha value is -1.64. The van der Waals surface area contributed by atoms with Gasteiger partial charge in [0.05, 0.1) is 12.0 Å². The molecular weight excluding hydrogens is 204 g/mol.